The van der Waals surface area contributed by atoms with Crippen LogP contribution in [0.5, 0.6) is 5.75 Å². The van der Waals surface area contributed by atoms with Gasteiger partial charge in [0.05, 0.1) is 25.3 Å². The molecule has 1 fully saturated rings. The van der Waals surface area contributed by atoms with E-state index in [0.29, 0.717) is 12.3 Å². The van der Waals surface area contributed by atoms with Gasteiger partial charge in [0.2, 0.25) is 5.91 Å². The van der Waals surface area contributed by atoms with Crippen molar-refractivity contribution in [2.24, 2.45) is 0 Å². The number of hydrogen-bond donors (Lipinski definition) is 1. The Kier molecular flexibility index (Phi) is 5.27. The summed E-state index contributed by atoms with van der Waals surface area (Å²) in [6.07, 6.45) is 1.18. The van der Waals surface area contributed by atoms with Crippen LogP contribution in [0.2, 0.25) is 0 Å². The van der Waals surface area contributed by atoms with E-state index in [1.165, 1.54) is 9.78 Å². The molecule has 0 aliphatic carbocycles. The summed E-state index contributed by atoms with van der Waals surface area (Å²) in [4.78, 5) is 27.4. The summed E-state index contributed by atoms with van der Waals surface area (Å²) < 4.78 is 5.39. The third-order valence-corrected chi connectivity index (χ3v) is 4.95. The lowest BCUT2D eigenvalue weighted by Gasteiger charge is -2.14. The maximum atomic E-state index is 12.6. The summed E-state index contributed by atoms with van der Waals surface area (Å²) in [5.74, 6) is 0.469. The third-order valence-electron chi connectivity index (χ3n) is 4.01. The van der Waals surface area contributed by atoms with Crippen molar-refractivity contribution < 1.29 is 19.6 Å². The standard InChI is InChI=1S/C18H20N2O3S/c1-2-23-14-7-5-13(6-8-14)20-17(21)12-16(18(20)22)19-10-9-15-4-3-11-24-15/h3-8,11,16,19H,2,9-10,12H2,1H3/p+1/t16-/m1/s1. The Labute approximate surface area is 145 Å². The van der Waals surface area contributed by atoms with Gasteiger partial charge in [-0.2, -0.15) is 0 Å². The first kappa shape index (κ1) is 16.7. The van der Waals surface area contributed by atoms with E-state index < -0.39 is 0 Å². The molecule has 1 saturated heterocycles. The zero-order valence-electron chi connectivity index (χ0n) is 13.6. The molecule has 0 radical (unpaired) electrons. The molecule has 24 heavy (non-hydrogen) atoms. The minimum Gasteiger partial charge on any atom is -0.494 e. The van der Waals surface area contributed by atoms with Gasteiger partial charge in [-0.25, -0.2) is 4.90 Å². The van der Waals surface area contributed by atoms with Crippen LogP contribution in [-0.2, 0) is 16.0 Å². The van der Waals surface area contributed by atoms with E-state index in [1.807, 2.05) is 23.7 Å². The fourth-order valence-electron chi connectivity index (χ4n) is 2.85. The van der Waals surface area contributed by atoms with Gasteiger partial charge >= 0.3 is 0 Å². The van der Waals surface area contributed by atoms with Gasteiger partial charge in [0.15, 0.2) is 6.04 Å². The lowest BCUT2D eigenvalue weighted by atomic mass is 10.2. The molecule has 0 bridgehead atoms. The fourth-order valence-corrected chi connectivity index (χ4v) is 3.58. The minimum atomic E-state index is -0.316. The average Bonchev–Trinajstić information content (AvgIpc) is 3.18. The highest BCUT2D eigenvalue weighted by Crippen LogP contribution is 2.24. The van der Waals surface area contributed by atoms with Gasteiger partial charge in [-0.3, -0.25) is 9.59 Å². The normalized spacial score (nSPS) is 17.5. The van der Waals surface area contributed by atoms with E-state index in [0.717, 1.165) is 18.7 Å². The quantitative estimate of drug-likeness (QED) is 0.775. The molecule has 1 aliphatic rings. The molecule has 5 nitrogen and oxygen atoms in total. The number of quaternary nitrogens is 1. The molecule has 0 saturated carbocycles. The van der Waals surface area contributed by atoms with Gasteiger partial charge < -0.3 is 10.1 Å². The molecular formula is C18H21N2O3S+. The summed E-state index contributed by atoms with van der Waals surface area (Å²) in [5, 5.41) is 4.03. The van der Waals surface area contributed by atoms with Crippen LogP contribution in [0.15, 0.2) is 41.8 Å². The van der Waals surface area contributed by atoms with Gasteiger partial charge in [0.25, 0.3) is 5.91 Å². The number of amides is 2. The van der Waals surface area contributed by atoms with Gasteiger partial charge in [-0.15, -0.1) is 11.3 Å². The number of benzene rings is 1. The number of rotatable bonds is 7. The largest absolute Gasteiger partial charge is 0.494 e. The molecule has 2 amide bonds. The first-order chi connectivity index (χ1) is 11.7. The Morgan fingerprint density at radius 3 is 2.71 bits per heavy atom. The highest BCUT2D eigenvalue weighted by atomic mass is 32.1. The van der Waals surface area contributed by atoms with Gasteiger partial charge in [0, 0.05) is 11.3 Å². The van der Waals surface area contributed by atoms with E-state index in [9.17, 15) is 9.59 Å². The average molecular weight is 345 g/mol. The van der Waals surface area contributed by atoms with Crippen molar-refractivity contribution in [3.63, 3.8) is 0 Å². The summed E-state index contributed by atoms with van der Waals surface area (Å²) >= 11 is 1.72. The maximum Gasteiger partial charge on any atom is 0.292 e. The fraction of sp³-hybridized carbons (Fsp3) is 0.333. The number of carbonyl (C=O) groups excluding carboxylic acids is 2. The number of carbonyl (C=O) groups is 2. The molecule has 1 aliphatic heterocycles. The number of anilines is 1. The van der Waals surface area contributed by atoms with Crippen molar-refractivity contribution >= 4 is 28.8 Å². The van der Waals surface area contributed by atoms with Crippen molar-refractivity contribution in [3.8, 4) is 5.75 Å². The van der Waals surface area contributed by atoms with Crippen molar-refractivity contribution in [1.82, 2.24) is 0 Å². The van der Waals surface area contributed by atoms with Crippen LogP contribution in [0.4, 0.5) is 5.69 Å². The van der Waals surface area contributed by atoms with E-state index in [-0.39, 0.29) is 24.3 Å². The Morgan fingerprint density at radius 2 is 2.04 bits per heavy atom. The Morgan fingerprint density at radius 1 is 1.25 bits per heavy atom. The zero-order chi connectivity index (χ0) is 16.9. The SMILES string of the molecule is CCOc1ccc(N2C(=O)C[C@@H]([NH2+]CCc3cccs3)C2=O)cc1. The third kappa shape index (κ3) is 3.66. The molecule has 3 rings (SSSR count). The second kappa shape index (κ2) is 7.59. The van der Waals surface area contributed by atoms with Gasteiger partial charge in [-0.05, 0) is 42.6 Å². The number of ether oxygens (including phenoxy) is 1. The summed E-state index contributed by atoms with van der Waals surface area (Å²) in [7, 11) is 0. The Balaban J connectivity index is 1.60. The number of hydrogen-bond acceptors (Lipinski definition) is 4. The van der Waals surface area contributed by atoms with Gasteiger partial charge in [-0.1, -0.05) is 6.07 Å². The molecule has 126 valence electrons. The highest BCUT2D eigenvalue weighted by molar-refractivity contribution is 7.09. The number of imide groups is 1. The van der Waals surface area contributed by atoms with Crippen LogP contribution in [0.1, 0.15) is 18.2 Å². The maximum absolute atomic E-state index is 12.6. The highest BCUT2D eigenvalue weighted by Gasteiger charge is 2.42. The van der Waals surface area contributed by atoms with Crippen molar-refractivity contribution in [2.45, 2.75) is 25.8 Å². The van der Waals surface area contributed by atoms with Crippen LogP contribution in [0, 0.1) is 0 Å². The number of thiophene rings is 1. The Hall–Kier alpha value is -2.18. The lowest BCUT2D eigenvalue weighted by Crippen LogP contribution is -2.92. The smallest absolute Gasteiger partial charge is 0.292 e. The number of nitrogens with two attached hydrogens (primary N) is 1. The van der Waals surface area contributed by atoms with E-state index >= 15 is 0 Å². The zero-order valence-corrected chi connectivity index (χ0v) is 14.4. The molecule has 1 aromatic heterocycles. The van der Waals surface area contributed by atoms with Crippen molar-refractivity contribution in [2.75, 3.05) is 18.1 Å². The van der Waals surface area contributed by atoms with Crippen molar-refractivity contribution in [1.29, 1.82) is 0 Å². The minimum absolute atomic E-state index is 0.129. The predicted molar refractivity (Wildman–Crippen MR) is 93.3 cm³/mol. The van der Waals surface area contributed by atoms with Crippen LogP contribution in [0.3, 0.4) is 0 Å². The molecule has 0 unspecified atom stereocenters. The second-order valence-electron chi connectivity index (χ2n) is 5.66. The summed E-state index contributed by atoms with van der Waals surface area (Å²) in [6, 6.07) is 10.9. The monoisotopic (exact) mass is 345 g/mol. The van der Waals surface area contributed by atoms with E-state index in [1.54, 1.807) is 35.6 Å². The molecule has 2 N–H and O–H groups in total. The summed E-state index contributed by atoms with van der Waals surface area (Å²) in [5.41, 5.74) is 0.614. The van der Waals surface area contributed by atoms with E-state index in [4.69, 9.17) is 4.74 Å². The van der Waals surface area contributed by atoms with Crippen molar-refractivity contribution in [3.05, 3.63) is 46.7 Å². The van der Waals surface area contributed by atoms with Crippen LogP contribution in [-0.4, -0.2) is 31.0 Å². The van der Waals surface area contributed by atoms with Crippen LogP contribution < -0.4 is 15.0 Å². The molecule has 1 atom stereocenters. The lowest BCUT2D eigenvalue weighted by molar-refractivity contribution is -0.674. The topological polar surface area (TPSA) is 63.2 Å². The molecule has 1 aromatic carbocycles. The van der Waals surface area contributed by atoms with Gasteiger partial charge in [0.1, 0.15) is 5.75 Å². The van der Waals surface area contributed by atoms with E-state index in [2.05, 4.69) is 6.07 Å². The first-order valence-corrected chi connectivity index (χ1v) is 9.02. The molecule has 2 heterocycles. The van der Waals surface area contributed by atoms with Crippen LogP contribution >= 0.6 is 11.3 Å². The Bertz CT molecular complexity index is 698. The summed E-state index contributed by atoms with van der Waals surface area (Å²) in [6.45, 7) is 3.31. The molecule has 2 aromatic rings. The second-order valence-corrected chi connectivity index (χ2v) is 6.69. The predicted octanol–water partition coefficient (Wildman–Crippen LogP) is 1.58. The number of nitrogens with zero attached hydrogens (tertiary/aromatic N) is 1. The first-order valence-electron chi connectivity index (χ1n) is 8.14. The molecule has 0 spiro atoms. The van der Waals surface area contributed by atoms with Crippen LogP contribution in [0.25, 0.3) is 0 Å². The molecule has 6 heteroatoms. The molecular weight excluding hydrogens is 324 g/mol.